The van der Waals surface area contributed by atoms with Gasteiger partial charge in [0.15, 0.2) is 0 Å². The Morgan fingerprint density at radius 2 is 2.00 bits per heavy atom. The lowest BCUT2D eigenvalue weighted by Crippen LogP contribution is -3.09. The minimum atomic E-state index is 0.133. The molecule has 1 N–H and O–H groups in total. The monoisotopic (exact) mass is 291 g/mol. The second-order valence-corrected chi connectivity index (χ2v) is 6.12. The predicted octanol–water partition coefficient (Wildman–Crippen LogP) is 1.17. The number of carbonyl (C=O) groups is 1. The number of likely N-dealkylation sites (N-methyl/N-ethyl adjacent to an activating group) is 1. The Hall–Kier alpha value is -1.26. The molecule has 0 bridgehead atoms. The Balaban J connectivity index is 1.93. The van der Waals surface area contributed by atoms with Gasteiger partial charge in [-0.25, -0.2) is 0 Å². The van der Waals surface area contributed by atoms with E-state index in [0.717, 1.165) is 38.2 Å². The van der Waals surface area contributed by atoms with Crippen molar-refractivity contribution >= 4 is 23.7 Å². The van der Waals surface area contributed by atoms with Crippen molar-refractivity contribution in [1.82, 2.24) is 4.90 Å². The molecule has 0 radical (unpaired) electrons. The Morgan fingerprint density at radius 1 is 1.25 bits per heavy atom. The summed E-state index contributed by atoms with van der Waals surface area (Å²) in [5.74, 6) is 0.133. The molecule has 1 aliphatic rings. The fourth-order valence-corrected chi connectivity index (χ4v) is 2.75. The van der Waals surface area contributed by atoms with Crippen LogP contribution in [0.15, 0.2) is 35.2 Å². The lowest BCUT2D eigenvalue weighted by atomic mass is 10.2. The van der Waals surface area contributed by atoms with Crippen LogP contribution >= 0.6 is 11.8 Å². The maximum atomic E-state index is 12.2. The number of benzene rings is 1. The molecule has 0 aromatic heterocycles. The third-order valence-electron chi connectivity index (χ3n) is 3.69. The van der Waals surface area contributed by atoms with E-state index in [-0.39, 0.29) is 5.91 Å². The van der Waals surface area contributed by atoms with Crippen LogP contribution in [0.1, 0.15) is 12.0 Å². The number of hydrogen-bond donors (Lipinski definition) is 1. The van der Waals surface area contributed by atoms with Crippen molar-refractivity contribution < 1.29 is 9.69 Å². The molecule has 1 amide bonds. The highest BCUT2D eigenvalue weighted by Crippen LogP contribution is 2.15. The molecule has 1 atom stereocenters. The summed E-state index contributed by atoms with van der Waals surface area (Å²) in [5.41, 5.74) is 1.08. The van der Waals surface area contributed by atoms with Crippen molar-refractivity contribution in [1.29, 1.82) is 0 Å². The van der Waals surface area contributed by atoms with Gasteiger partial charge in [-0.2, -0.15) is 0 Å². The van der Waals surface area contributed by atoms with E-state index >= 15 is 0 Å². The van der Waals surface area contributed by atoms with E-state index in [9.17, 15) is 4.79 Å². The Kier molecular flexibility index (Phi) is 5.68. The molecule has 1 heterocycles. The van der Waals surface area contributed by atoms with Gasteiger partial charge >= 0.3 is 0 Å². The van der Waals surface area contributed by atoms with Gasteiger partial charge in [0.2, 0.25) is 5.91 Å². The van der Waals surface area contributed by atoms with E-state index in [1.165, 1.54) is 9.80 Å². The second kappa shape index (κ2) is 7.50. The Labute approximate surface area is 125 Å². The average molecular weight is 291 g/mol. The number of hydrogen-bond acceptors (Lipinski definition) is 2. The van der Waals surface area contributed by atoms with Crippen LogP contribution in [0, 0.1) is 0 Å². The molecule has 1 saturated heterocycles. The first-order valence-corrected chi connectivity index (χ1v) is 8.34. The fourth-order valence-electron chi connectivity index (χ4n) is 2.34. The maximum absolute atomic E-state index is 12.2. The standard InChI is InChI=1S/C16H22N2OS/c1-17-10-3-11-18(13-12-17)16(19)9-6-14-4-7-15(20-2)8-5-14/h4-9H,3,10-13H2,1-2H3/p+1/b9-6+. The van der Waals surface area contributed by atoms with Crippen molar-refractivity contribution in [2.24, 2.45) is 0 Å². The van der Waals surface area contributed by atoms with Crippen LogP contribution in [0.3, 0.4) is 0 Å². The zero-order valence-electron chi connectivity index (χ0n) is 12.3. The van der Waals surface area contributed by atoms with Crippen molar-refractivity contribution in [3.8, 4) is 0 Å². The lowest BCUT2D eigenvalue weighted by Gasteiger charge is -2.17. The van der Waals surface area contributed by atoms with E-state index in [1.807, 2.05) is 11.0 Å². The smallest absolute Gasteiger partial charge is 0.246 e. The molecular weight excluding hydrogens is 268 g/mol. The molecule has 108 valence electrons. The first-order valence-electron chi connectivity index (χ1n) is 7.11. The minimum Gasteiger partial charge on any atom is -0.336 e. The van der Waals surface area contributed by atoms with Crippen molar-refractivity contribution in [2.45, 2.75) is 11.3 Å². The zero-order valence-corrected chi connectivity index (χ0v) is 13.1. The summed E-state index contributed by atoms with van der Waals surface area (Å²) < 4.78 is 0. The highest BCUT2D eigenvalue weighted by Gasteiger charge is 2.17. The second-order valence-electron chi connectivity index (χ2n) is 5.24. The molecule has 3 nitrogen and oxygen atoms in total. The van der Waals surface area contributed by atoms with Crippen molar-refractivity contribution in [3.63, 3.8) is 0 Å². The molecule has 1 aliphatic heterocycles. The summed E-state index contributed by atoms with van der Waals surface area (Å²) in [6.07, 6.45) is 6.77. The molecule has 0 spiro atoms. The fraction of sp³-hybridized carbons (Fsp3) is 0.438. The minimum absolute atomic E-state index is 0.133. The van der Waals surface area contributed by atoms with E-state index in [0.29, 0.717) is 0 Å². The van der Waals surface area contributed by atoms with Gasteiger partial charge in [-0.1, -0.05) is 12.1 Å². The third kappa shape index (κ3) is 4.39. The summed E-state index contributed by atoms with van der Waals surface area (Å²) in [4.78, 5) is 16.9. The number of nitrogens with one attached hydrogen (secondary N) is 1. The van der Waals surface area contributed by atoms with Crippen molar-refractivity contribution in [3.05, 3.63) is 35.9 Å². The number of nitrogens with zero attached hydrogens (tertiary/aromatic N) is 1. The number of carbonyl (C=O) groups excluding carboxylic acids is 1. The van der Waals surface area contributed by atoms with Gasteiger partial charge in [-0.3, -0.25) is 4.79 Å². The predicted molar refractivity (Wildman–Crippen MR) is 85.1 cm³/mol. The van der Waals surface area contributed by atoms with Gasteiger partial charge in [0.1, 0.15) is 0 Å². The Bertz CT molecular complexity index is 470. The molecule has 20 heavy (non-hydrogen) atoms. The first-order chi connectivity index (χ1) is 9.69. The zero-order chi connectivity index (χ0) is 14.4. The number of amides is 1. The first kappa shape index (κ1) is 15.1. The molecule has 0 aliphatic carbocycles. The van der Waals surface area contributed by atoms with Gasteiger partial charge < -0.3 is 9.80 Å². The van der Waals surface area contributed by atoms with E-state index in [2.05, 4.69) is 37.6 Å². The number of rotatable bonds is 3. The van der Waals surface area contributed by atoms with Gasteiger partial charge in [-0.05, 0) is 30.0 Å². The molecular formula is C16H23N2OS+. The topological polar surface area (TPSA) is 24.8 Å². The summed E-state index contributed by atoms with van der Waals surface area (Å²) in [6, 6.07) is 8.27. The maximum Gasteiger partial charge on any atom is 0.246 e. The summed E-state index contributed by atoms with van der Waals surface area (Å²) in [5, 5.41) is 0. The van der Waals surface area contributed by atoms with Crippen LogP contribution in [0.4, 0.5) is 0 Å². The highest BCUT2D eigenvalue weighted by atomic mass is 32.2. The molecule has 1 aromatic rings. The Morgan fingerprint density at radius 3 is 2.70 bits per heavy atom. The van der Waals surface area contributed by atoms with Crippen LogP contribution in [0.25, 0.3) is 6.08 Å². The number of quaternary nitrogens is 1. The van der Waals surface area contributed by atoms with Gasteiger partial charge in [0.05, 0.1) is 26.7 Å². The normalized spacial score (nSPS) is 20.1. The SMILES string of the molecule is CSc1ccc(/C=C/C(=O)N2CCC[NH+](C)CC2)cc1. The van der Waals surface area contributed by atoms with Crippen molar-refractivity contribution in [2.75, 3.05) is 39.5 Å². The van der Waals surface area contributed by atoms with E-state index in [1.54, 1.807) is 17.8 Å². The molecule has 2 rings (SSSR count). The van der Waals surface area contributed by atoms with E-state index < -0.39 is 0 Å². The average Bonchev–Trinajstić information content (AvgIpc) is 2.70. The lowest BCUT2D eigenvalue weighted by molar-refractivity contribution is -0.877. The number of thioether (sulfide) groups is 1. The highest BCUT2D eigenvalue weighted by molar-refractivity contribution is 7.98. The molecule has 1 unspecified atom stereocenters. The van der Waals surface area contributed by atoms with Gasteiger partial charge in [-0.15, -0.1) is 11.8 Å². The molecule has 1 aromatic carbocycles. The van der Waals surface area contributed by atoms with Gasteiger partial charge in [0, 0.05) is 23.9 Å². The van der Waals surface area contributed by atoms with Crippen LogP contribution < -0.4 is 4.90 Å². The molecule has 4 heteroatoms. The summed E-state index contributed by atoms with van der Waals surface area (Å²) in [6.45, 7) is 3.94. The summed E-state index contributed by atoms with van der Waals surface area (Å²) >= 11 is 1.73. The van der Waals surface area contributed by atoms with Crippen LogP contribution in [-0.4, -0.2) is 50.3 Å². The van der Waals surface area contributed by atoms with E-state index in [4.69, 9.17) is 0 Å². The quantitative estimate of drug-likeness (QED) is 0.668. The summed E-state index contributed by atoms with van der Waals surface area (Å²) in [7, 11) is 2.19. The molecule has 0 saturated carbocycles. The van der Waals surface area contributed by atoms with Gasteiger partial charge in [0.25, 0.3) is 0 Å². The van der Waals surface area contributed by atoms with Crippen LogP contribution in [0.5, 0.6) is 0 Å². The third-order valence-corrected chi connectivity index (χ3v) is 4.43. The molecule has 1 fully saturated rings. The van der Waals surface area contributed by atoms with Crippen LogP contribution in [-0.2, 0) is 4.79 Å². The van der Waals surface area contributed by atoms with Crippen LogP contribution in [0.2, 0.25) is 0 Å². The largest absolute Gasteiger partial charge is 0.336 e.